The third kappa shape index (κ3) is 3.92. The predicted octanol–water partition coefficient (Wildman–Crippen LogP) is 5.12. The molecular weight excluding hydrogens is 261 g/mol. The van der Waals surface area contributed by atoms with Crippen molar-refractivity contribution in [2.45, 2.75) is 39.7 Å². The lowest BCUT2D eigenvalue weighted by atomic mass is 9.95. The number of benzene rings is 2. The molecule has 0 aliphatic rings. The zero-order chi connectivity index (χ0) is 15.2. The maximum atomic E-state index is 14.3. The van der Waals surface area contributed by atoms with Crippen LogP contribution in [0.3, 0.4) is 0 Å². The summed E-state index contributed by atoms with van der Waals surface area (Å²) in [5.41, 5.74) is 3.90. The fraction of sp³-hybridized carbons (Fsp3) is 0.368. The van der Waals surface area contributed by atoms with Gasteiger partial charge >= 0.3 is 0 Å². The van der Waals surface area contributed by atoms with E-state index in [1.54, 1.807) is 6.07 Å². The third-order valence-electron chi connectivity index (χ3n) is 4.02. The normalized spacial score (nSPS) is 12.4. The Morgan fingerprint density at radius 2 is 1.76 bits per heavy atom. The minimum absolute atomic E-state index is 0.151. The molecule has 0 aromatic heterocycles. The first-order valence-electron chi connectivity index (χ1n) is 7.75. The minimum atomic E-state index is -0.151. The lowest BCUT2D eigenvalue weighted by Crippen LogP contribution is -2.11. The van der Waals surface area contributed by atoms with E-state index in [1.807, 2.05) is 31.2 Å². The van der Waals surface area contributed by atoms with Crippen LogP contribution in [0.15, 0.2) is 42.5 Å². The molecule has 0 saturated carbocycles. The monoisotopic (exact) mass is 285 g/mol. The van der Waals surface area contributed by atoms with Gasteiger partial charge in [-0.15, -0.1) is 0 Å². The van der Waals surface area contributed by atoms with E-state index in [-0.39, 0.29) is 5.82 Å². The number of halogens is 1. The van der Waals surface area contributed by atoms with Crippen molar-refractivity contribution in [2.24, 2.45) is 0 Å². The Morgan fingerprint density at radius 3 is 2.33 bits per heavy atom. The Bertz CT molecular complexity index is 575. The van der Waals surface area contributed by atoms with Crippen molar-refractivity contribution in [3.8, 4) is 11.1 Å². The molecule has 0 amide bonds. The fourth-order valence-electron chi connectivity index (χ4n) is 2.40. The number of hydrogen-bond donors (Lipinski definition) is 1. The molecule has 21 heavy (non-hydrogen) atoms. The van der Waals surface area contributed by atoms with Crippen molar-refractivity contribution >= 4 is 0 Å². The highest BCUT2D eigenvalue weighted by molar-refractivity contribution is 5.64. The number of hydrogen-bond acceptors (Lipinski definition) is 1. The Morgan fingerprint density at radius 1 is 1.05 bits per heavy atom. The van der Waals surface area contributed by atoms with Crippen molar-refractivity contribution in [1.82, 2.24) is 5.32 Å². The van der Waals surface area contributed by atoms with E-state index in [2.05, 4.69) is 31.3 Å². The summed E-state index contributed by atoms with van der Waals surface area (Å²) in [5, 5.41) is 3.21. The molecule has 0 fully saturated rings. The van der Waals surface area contributed by atoms with Gasteiger partial charge < -0.3 is 5.32 Å². The molecule has 2 aromatic carbocycles. The van der Waals surface area contributed by atoms with Gasteiger partial charge in [-0.1, -0.05) is 57.2 Å². The molecule has 1 atom stereocenters. The molecule has 112 valence electrons. The average molecular weight is 285 g/mol. The van der Waals surface area contributed by atoms with Crippen molar-refractivity contribution < 1.29 is 4.39 Å². The molecule has 0 aliphatic carbocycles. The molecule has 1 nitrogen and oxygen atoms in total. The smallest absolute Gasteiger partial charge is 0.131 e. The van der Waals surface area contributed by atoms with E-state index < -0.39 is 0 Å². The van der Waals surface area contributed by atoms with E-state index in [0.29, 0.717) is 18.0 Å². The van der Waals surface area contributed by atoms with Crippen LogP contribution < -0.4 is 5.32 Å². The molecule has 1 N–H and O–H groups in total. The first kappa shape index (κ1) is 15.7. The maximum Gasteiger partial charge on any atom is 0.131 e. The summed E-state index contributed by atoms with van der Waals surface area (Å²) >= 11 is 0. The Labute approximate surface area is 127 Å². The minimum Gasteiger partial charge on any atom is -0.313 e. The van der Waals surface area contributed by atoms with Crippen LogP contribution >= 0.6 is 0 Å². The second-order valence-corrected chi connectivity index (χ2v) is 5.53. The van der Waals surface area contributed by atoms with Crippen LogP contribution in [0.4, 0.5) is 4.39 Å². The second kappa shape index (κ2) is 7.37. The summed E-state index contributed by atoms with van der Waals surface area (Å²) in [5.74, 6) is 0.396. The van der Waals surface area contributed by atoms with Gasteiger partial charge in [0.05, 0.1) is 0 Å². The van der Waals surface area contributed by atoms with Gasteiger partial charge in [0.25, 0.3) is 0 Å². The van der Waals surface area contributed by atoms with Gasteiger partial charge in [0.2, 0.25) is 0 Å². The van der Waals surface area contributed by atoms with E-state index in [0.717, 1.165) is 24.1 Å². The number of rotatable bonds is 6. The first-order valence-corrected chi connectivity index (χ1v) is 7.75. The second-order valence-electron chi connectivity index (χ2n) is 5.53. The summed E-state index contributed by atoms with van der Waals surface area (Å²) in [6, 6.07) is 13.7. The van der Waals surface area contributed by atoms with Gasteiger partial charge in [-0.05, 0) is 41.6 Å². The Kier molecular flexibility index (Phi) is 5.51. The number of nitrogens with one attached hydrogen (secondary N) is 1. The standard InChI is InChI=1S/C19H24FN/c1-4-14(3)16-7-9-17(10-8-16)18-11-6-15(12-19(18)20)13-21-5-2/h6-12,14,21H,4-5,13H2,1-3H3. The van der Waals surface area contributed by atoms with Gasteiger partial charge in [-0.3, -0.25) is 0 Å². The molecule has 0 bridgehead atoms. The van der Waals surface area contributed by atoms with Crippen LogP contribution in [0, 0.1) is 5.82 Å². The van der Waals surface area contributed by atoms with Crippen LogP contribution in [-0.2, 0) is 6.54 Å². The zero-order valence-electron chi connectivity index (χ0n) is 13.1. The van der Waals surface area contributed by atoms with Crippen molar-refractivity contribution in [2.75, 3.05) is 6.54 Å². The molecule has 0 saturated heterocycles. The van der Waals surface area contributed by atoms with Crippen LogP contribution in [-0.4, -0.2) is 6.54 Å². The largest absolute Gasteiger partial charge is 0.313 e. The molecule has 2 heteroatoms. The van der Waals surface area contributed by atoms with E-state index in [4.69, 9.17) is 0 Å². The van der Waals surface area contributed by atoms with Crippen LogP contribution in [0.2, 0.25) is 0 Å². The zero-order valence-corrected chi connectivity index (χ0v) is 13.1. The highest BCUT2D eigenvalue weighted by Crippen LogP contribution is 2.26. The molecule has 2 aromatic rings. The molecule has 0 radical (unpaired) electrons. The van der Waals surface area contributed by atoms with Gasteiger partial charge in [0.1, 0.15) is 5.82 Å². The molecule has 2 rings (SSSR count). The quantitative estimate of drug-likeness (QED) is 0.777. The molecule has 0 aliphatic heterocycles. The summed E-state index contributed by atoms with van der Waals surface area (Å²) in [6.45, 7) is 8.04. The van der Waals surface area contributed by atoms with Crippen LogP contribution in [0.5, 0.6) is 0 Å². The SMILES string of the molecule is CCNCc1ccc(-c2ccc(C(C)CC)cc2)c(F)c1. The van der Waals surface area contributed by atoms with Gasteiger partial charge in [0.15, 0.2) is 0 Å². The summed E-state index contributed by atoms with van der Waals surface area (Å²) in [7, 11) is 0. The van der Waals surface area contributed by atoms with Crippen molar-refractivity contribution in [3.63, 3.8) is 0 Å². The average Bonchev–Trinajstić information content (AvgIpc) is 2.52. The van der Waals surface area contributed by atoms with Gasteiger partial charge in [-0.2, -0.15) is 0 Å². The lowest BCUT2D eigenvalue weighted by Gasteiger charge is -2.11. The maximum absolute atomic E-state index is 14.3. The van der Waals surface area contributed by atoms with Crippen LogP contribution in [0.25, 0.3) is 11.1 Å². The summed E-state index contributed by atoms with van der Waals surface area (Å²) in [6.07, 6.45) is 1.12. The third-order valence-corrected chi connectivity index (χ3v) is 4.02. The topological polar surface area (TPSA) is 12.0 Å². The first-order chi connectivity index (χ1) is 10.2. The summed E-state index contributed by atoms with van der Waals surface area (Å²) < 4.78 is 14.3. The molecule has 0 heterocycles. The summed E-state index contributed by atoms with van der Waals surface area (Å²) in [4.78, 5) is 0. The lowest BCUT2D eigenvalue weighted by molar-refractivity contribution is 0.625. The van der Waals surface area contributed by atoms with E-state index >= 15 is 0 Å². The van der Waals surface area contributed by atoms with Gasteiger partial charge in [-0.25, -0.2) is 4.39 Å². The highest BCUT2D eigenvalue weighted by Gasteiger charge is 2.08. The van der Waals surface area contributed by atoms with Gasteiger partial charge in [0, 0.05) is 12.1 Å². The van der Waals surface area contributed by atoms with Crippen molar-refractivity contribution in [1.29, 1.82) is 0 Å². The molecular formula is C19H24FN. The highest BCUT2D eigenvalue weighted by atomic mass is 19.1. The molecule has 0 spiro atoms. The molecule has 1 unspecified atom stereocenters. The fourth-order valence-corrected chi connectivity index (χ4v) is 2.40. The Balaban J connectivity index is 2.21. The Hall–Kier alpha value is -1.67. The van der Waals surface area contributed by atoms with E-state index in [1.165, 1.54) is 5.56 Å². The van der Waals surface area contributed by atoms with Crippen molar-refractivity contribution in [3.05, 3.63) is 59.4 Å². The van der Waals surface area contributed by atoms with E-state index in [9.17, 15) is 4.39 Å². The predicted molar refractivity (Wildman–Crippen MR) is 87.9 cm³/mol. The van der Waals surface area contributed by atoms with Crippen LogP contribution in [0.1, 0.15) is 44.2 Å².